The molecule has 0 spiro atoms. The number of rotatable bonds is 2. The van der Waals surface area contributed by atoms with E-state index in [0.29, 0.717) is 25.3 Å². The van der Waals surface area contributed by atoms with Gasteiger partial charge in [0.25, 0.3) is 5.91 Å². The van der Waals surface area contributed by atoms with Gasteiger partial charge in [-0.05, 0) is 31.9 Å². The van der Waals surface area contributed by atoms with Gasteiger partial charge in [0.2, 0.25) is 0 Å². The fraction of sp³-hybridized carbons (Fsp3) is 0.600. The molecule has 1 aromatic rings. The lowest BCUT2D eigenvalue weighted by atomic mass is 9.90. The van der Waals surface area contributed by atoms with E-state index in [-0.39, 0.29) is 11.8 Å². The first-order valence-corrected chi connectivity index (χ1v) is 7.16. The van der Waals surface area contributed by atoms with Crippen molar-refractivity contribution in [2.75, 3.05) is 26.3 Å². The Labute approximate surface area is 118 Å². The first-order chi connectivity index (χ1) is 9.69. The minimum atomic E-state index is -0.531. The van der Waals surface area contributed by atoms with Crippen LogP contribution in [0.1, 0.15) is 30.1 Å². The molecule has 20 heavy (non-hydrogen) atoms. The number of aromatic nitrogens is 1. The normalized spacial score (nSPS) is 25.6. The van der Waals surface area contributed by atoms with E-state index in [4.69, 9.17) is 9.47 Å². The molecule has 1 unspecified atom stereocenters. The van der Waals surface area contributed by atoms with Crippen molar-refractivity contribution < 1.29 is 14.3 Å². The molecule has 0 saturated carbocycles. The average molecular weight is 276 g/mol. The van der Waals surface area contributed by atoms with Crippen molar-refractivity contribution in [1.82, 2.24) is 9.88 Å². The second-order valence-corrected chi connectivity index (χ2v) is 5.54. The Morgan fingerprint density at radius 3 is 2.75 bits per heavy atom. The Morgan fingerprint density at radius 2 is 2.05 bits per heavy atom. The fourth-order valence-corrected chi connectivity index (χ4v) is 3.03. The summed E-state index contributed by atoms with van der Waals surface area (Å²) in [5.41, 5.74) is 0.694. The average Bonchev–Trinajstić information content (AvgIpc) is 2.96. The number of hydrogen-bond acceptors (Lipinski definition) is 4. The van der Waals surface area contributed by atoms with Crippen molar-refractivity contribution in [3.8, 4) is 0 Å². The van der Waals surface area contributed by atoms with E-state index in [1.165, 1.54) is 0 Å². The van der Waals surface area contributed by atoms with Gasteiger partial charge in [0.05, 0.1) is 13.2 Å². The lowest BCUT2D eigenvalue weighted by Gasteiger charge is -2.39. The molecule has 0 aromatic carbocycles. The lowest BCUT2D eigenvalue weighted by molar-refractivity contribution is -0.189. The van der Waals surface area contributed by atoms with E-state index >= 15 is 0 Å². The molecule has 1 amide bonds. The summed E-state index contributed by atoms with van der Waals surface area (Å²) in [6.45, 7) is 4.77. The molecule has 0 radical (unpaired) electrons. The van der Waals surface area contributed by atoms with Crippen molar-refractivity contribution in [3.05, 3.63) is 30.1 Å². The number of carbonyl (C=O) groups is 1. The predicted octanol–water partition coefficient (Wildman–Crippen LogP) is 1.70. The molecular formula is C15H20N2O3. The van der Waals surface area contributed by atoms with Crippen LogP contribution in [0.5, 0.6) is 0 Å². The van der Waals surface area contributed by atoms with E-state index in [2.05, 4.69) is 4.98 Å². The minimum Gasteiger partial charge on any atom is -0.347 e. The third-order valence-corrected chi connectivity index (χ3v) is 4.24. The van der Waals surface area contributed by atoms with Gasteiger partial charge in [-0.2, -0.15) is 0 Å². The monoisotopic (exact) mass is 276 g/mol. The number of nitrogens with zero attached hydrogens (tertiary/aromatic N) is 2. The smallest absolute Gasteiger partial charge is 0.253 e. The first kappa shape index (κ1) is 13.5. The second kappa shape index (κ2) is 5.50. The van der Waals surface area contributed by atoms with Crippen LogP contribution in [0.2, 0.25) is 0 Å². The maximum atomic E-state index is 12.5. The van der Waals surface area contributed by atoms with Crippen molar-refractivity contribution in [1.29, 1.82) is 0 Å². The molecule has 0 aliphatic carbocycles. The molecule has 0 N–H and O–H groups in total. The molecule has 2 aliphatic rings. The van der Waals surface area contributed by atoms with Gasteiger partial charge in [-0.15, -0.1) is 0 Å². The molecule has 0 bridgehead atoms. The molecule has 2 saturated heterocycles. The summed E-state index contributed by atoms with van der Waals surface area (Å²) in [6, 6.07) is 3.52. The van der Waals surface area contributed by atoms with Crippen LogP contribution >= 0.6 is 0 Å². The van der Waals surface area contributed by atoms with Gasteiger partial charge in [-0.25, -0.2) is 0 Å². The van der Waals surface area contributed by atoms with Crippen LogP contribution in [-0.2, 0) is 9.47 Å². The third kappa shape index (κ3) is 2.55. The summed E-state index contributed by atoms with van der Waals surface area (Å²) in [7, 11) is 0. The molecule has 5 nitrogen and oxygen atoms in total. The number of carbonyl (C=O) groups excluding carboxylic acids is 1. The Balaban J connectivity index is 1.70. The molecule has 3 rings (SSSR count). The van der Waals surface area contributed by atoms with E-state index in [1.807, 2.05) is 11.8 Å². The van der Waals surface area contributed by atoms with Gasteiger partial charge >= 0.3 is 0 Å². The van der Waals surface area contributed by atoms with Crippen LogP contribution in [0, 0.1) is 5.92 Å². The molecule has 1 atom stereocenters. The summed E-state index contributed by atoms with van der Waals surface area (Å²) < 4.78 is 11.5. The Bertz CT molecular complexity index is 471. The number of ether oxygens (including phenoxy) is 2. The summed E-state index contributed by atoms with van der Waals surface area (Å²) in [6.07, 6.45) is 5.33. The lowest BCUT2D eigenvalue weighted by Crippen LogP contribution is -2.48. The number of amides is 1. The van der Waals surface area contributed by atoms with Gasteiger partial charge < -0.3 is 14.4 Å². The highest BCUT2D eigenvalue weighted by Gasteiger charge is 2.42. The van der Waals surface area contributed by atoms with Crippen molar-refractivity contribution in [2.45, 2.75) is 25.6 Å². The number of likely N-dealkylation sites (tertiary alicyclic amines) is 1. The Hall–Kier alpha value is -1.46. The zero-order valence-electron chi connectivity index (χ0n) is 11.7. The van der Waals surface area contributed by atoms with Gasteiger partial charge in [0.15, 0.2) is 5.79 Å². The number of hydrogen-bond donors (Lipinski definition) is 0. The van der Waals surface area contributed by atoms with Crippen molar-refractivity contribution in [2.24, 2.45) is 5.92 Å². The standard InChI is InChI=1S/C15H20N2O3/c1-15(19-9-10-20-15)13-3-2-8-17(11-13)14(18)12-4-6-16-7-5-12/h4-7,13H,2-3,8-11H2,1H3. The van der Waals surface area contributed by atoms with Crippen molar-refractivity contribution in [3.63, 3.8) is 0 Å². The van der Waals surface area contributed by atoms with Gasteiger partial charge in [-0.1, -0.05) is 0 Å². The third-order valence-electron chi connectivity index (χ3n) is 4.24. The molecule has 2 aliphatic heterocycles. The summed E-state index contributed by atoms with van der Waals surface area (Å²) in [4.78, 5) is 18.3. The minimum absolute atomic E-state index is 0.0682. The summed E-state index contributed by atoms with van der Waals surface area (Å²) >= 11 is 0. The summed E-state index contributed by atoms with van der Waals surface area (Å²) in [5, 5.41) is 0. The highest BCUT2D eigenvalue weighted by molar-refractivity contribution is 5.94. The van der Waals surface area contributed by atoms with E-state index in [0.717, 1.165) is 19.4 Å². The predicted molar refractivity (Wildman–Crippen MR) is 73.2 cm³/mol. The second-order valence-electron chi connectivity index (χ2n) is 5.54. The zero-order valence-corrected chi connectivity index (χ0v) is 11.7. The maximum Gasteiger partial charge on any atom is 0.253 e. The van der Waals surface area contributed by atoms with E-state index in [9.17, 15) is 4.79 Å². The largest absolute Gasteiger partial charge is 0.347 e. The molecular weight excluding hydrogens is 256 g/mol. The number of piperidine rings is 1. The first-order valence-electron chi connectivity index (χ1n) is 7.16. The fourth-order valence-electron chi connectivity index (χ4n) is 3.03. The number of pyridine rings is 1. The van der Waals surface area contributed by atoms with Crippen LogP contribution in [-0.4, -0.2) is 47.9 Å². The van der Waals surface area contributed by atoms with Crippen LogP contribution < -0.4 is 0 Å². The molecule has 5 heteroatoms. The van der Waals surface area contributed by atoms with Crippen LogP contribution in [0.25, 0.3) is 0 Å². The van der Waals surface area contributed by atoms with E-state index < -0.39 is 5.79 Å². The zero-order chi connectivity index (χ0) is 14.0. The van der Waals surface area contributed by atoms with Gasteiger partial charge in [0.1, 0.15) is 0 Å². The quantitative estimate of drug-likeness (QED) is 0.825. The maximum absolute atomic E-state index is 12.5. The molecule has 3 heterocycles. The molecule has 2 fully saturated rings. The van der Waals surface area contributed by atoms with Crippen LogP contribution in [0.3, 0.4) is 0 Å². The van der Waals surface area contributed by atoms with Crippen LogP contribution in [0.4, 0.5) is 0 Å². The molecule has 108 valence electrons. The highest BCUT2D eigenvalue weighted by Crippen LogP contribution is 2.34. The van der Waals surface area contributed by atoms with Gasteiger partial charge in [0, 0.05) is 37.0 Å². The SMILES string of the molecule is CC1(C2CCCN(C(=O)c3ccncc3)C2)OCCO1. The highest BCUT2D eigenvalue weighted by atomic mass is 16.7. The topological polar surface area (TPSA) is 51.7 Å². The Morgan fingerprint density at radius 1 is 1.35 bits per heavy atom. The van der Waals surface area contributed by atoms with Gasteiger partial charge in [-0.3, -0.25) is 9.78 Å². The van der Waals surface area contributed by atoms with Crippen LogP contribution in [0.15, 0.2) is 24.5 Å². The summed E-state index contributed by atoms with van der Waals surface area (Å²) in [5.74, 6) is -0.222. The van der Waals surface area contributed by atoms with Crippen molar-refractivity contribution >= 4 is 5.91 Å². The molecule has 1 aromatic heterocycles. The van der Waals surface area contributed by atoms with E-state index in [1.54, 1.807) is 24.5 Å². The Kier molecular flexibility index (Phi) is 3.72.